The van der Waals surface area contributed by atoms with Crippen LogP contribution in [0.15, 0.2) is 5.38 Å². The summed E-state index contributed by atoms with van der Waals surface area (Å²) in [6, 6.07) is 0. The summed E-state index contributed by atoms with van der Waals surface area (Å²) in [6.07, 6.45) is -4.82. The Labute approximate surface area is 137 Å². The maximum Gasteiger partial charge on any atom is 0.410 e. The van der Waals surface area contributed by atoms with Crippen molar-refractivity contribution in [3.63, 3.8) is 0 Å². The number of rotatable bonds is 1. The Morgan fingerprint density at radius 2 is 2.04 bits per heavy atom. The number of amides is 1. The van der Waals surface area contributed by atoms with Crippen LogP contribution in [0.1, 0.15) is 44.1 Å². The van der Waals surface area contributed by atoms with E-state index in [9.17, 15) is 18.0 Å². The van der Waals surface area contributed by atoms with Crippen molar-refractivity contribution in [3.05, 3.63) is 15.8 Å². The van der Waals surface area contributed by atoms with E-state index in [0.29, 0.717) is 4.88 Å². The SMILES string of the molecule is CC(c1csc2c1OCCN(C(=O)OC(C)(C)C)C2)C(F)(F)F. The highest BCUT2D eigenvalue weighted by atomic mass is 32.1. The van der Waals surface area contributed by atoms with E-state index in [1.54, 1.807) is 20.8 Å². The van der Waals surface area contributed by atoms with Gasteiger partial charge in [-0.3, -0.25) is 4.90 Å². The first-order valence-electron chi connectivity index (χ1n) is 7.26. The largest absolute Gasteiger partial charge is 0.490 e. The van der Waals surface area contributed by atoms with Gasteiger partial charge in [-0.1, -0.05) is 0 Å². The maximum atomic E-state index is 12.9. The zero-order valence-corrected chi connectivity index (χ0v) is 14.3. The molecule has 4 nitrogen and oxygen atoms in total. The van der Waals surface area contributed by atoms with Crippen LogP contribution in [0.4, 0.5) is 18.0 Å². The third-order valence-corrected chi connectivity index (χ3v) is 4.37. The fourth-order valence-electron chi connectivity index (χ4n) is 2.14. The monoisotopic (exact) mass is 351 g/mol. The normalized spacial score (nSPS) is 17.1. The minimum Gasteiger partial charge on any atom is -0.490 e. The third-order valence-electron chi connectivity index (χ3n) is 3.39. The van der Waals surface area contributed by atoms with Gasteiger partial charge in [-0.15, -0.1) is 11.3 Å². The summed E-state index contributed by atoms with van der Waals surface area (Å²) in [5.41, 5.74) is -0.498. The number of hydrogen-bond donors (Lipinski definition) is 0. The Hall–Kier alpha value is -1.44. The minimum atomic E-state index is -4.32. The van der Waals surface area contributed by atoms with Crippen LogP contribution >= 0.6 is 11.3 Å². The number of nitrogens with zero attached hydrogens (tertiary/aromatic N) is 1. The van der Waals surface area contributed by atoms with Crippen LogP contribution in [-0.2, 0) is 11.3 Å². The lowest BCUT2D eigenvalue weighted by Gasteiger charge is -2.25. The molecule has 1 aromatic heterocycles. The van der Waals surface area contributed by atoms with Crippen molar-refractivity contribution in [1.82, 2.24) is 4.90 Å². The molecule has 130 valence electrons. The molecule has 1 amide bonds. The average molecular weight is 351 g/mol. The van der Waals surface area contributed by atoms with Crippen LogP contribution in [0.3, 0.4) is 0 Å². The molecule has 0 saturated carbocycles. The molecule has 1 aliphatic heterocycles. The molecule has 2 rings (SSSR count). The molecule has 0 radical (unpaired) electrons. The number of carbonyl (C=O) groups is 1. The second kappa shape index (κ2) is 6.22. The molecule has 0 bridgehead atoms. The Bertz CT molecular complexity index is 578. The van der Waals surface area contributed by atoms with Gasteiger partial charge in [0.2, 0.25) is 0 Å². The fourth-order valence-corrected chi connectivity index (χ4v) is 3.24. The molecule has 1 aromatic rings. The van der Waals surface area contributed by atoms with E-state index in [4.69, 9.17) is 9.47 Å². The van der Waals surface area contributed by atoms with Gasteiger partial charge < -0.3 is 9.47 Å². The van der Waals surface area contributed by atoms with E-state index >= 15 is 0 Å². The standard InChI is InChI=1S/C15H20F3NO3S/c1-9(15(16,17)18)10-8-23-11-7-19(5-6-21-12(10)11)13(20)22-14(2,3)4/h8-9H,5-7H2,1-4H3. The molecule has 8 heteroatoms. The summed E-state index contributed by atoms with van der Waals surface area (Å²) in [4.78, 5) is 14.2. The molecule has 1 atom stereocenters. The summed E-state index contributed by atoms with van der Waals surface area (Å²) in [7, 11) is 0. The molecule has 0 fully saturated rings. The summed E-state index contributed by atoms with van der Waals surface area (Å²) in [5, 5.41) is 1.46. The Morgan fingerprint density at radius 3 is 2.61 bits per heavy atom. The fraction of sp³-hybridized carbons (Fsp3) is 0.667. The highest BCUT2D eigenvalue weighted by Gasteiger charge is 2.40. The first kappa shape index (κ1) is 17.9. The van der Waals surface area contributed by atoms with Gasteiger partial charge in [-0.2, -0.15) is 13.2 Å². The molecular formula is C15H20F3NO3S. The van der Waals surface area contributed by atoms with Gasteiger partial charge in [0.25, 0.3) is 0 Å². The van der Waals surface area contributed by atoms with Gasteiger partial charge in [0.05, 0.1) is 23.9 Å². The van der Waals surface area contributed by atoms with Gasteiger partial charge in [-0.05, 0) is 33.1 Å². The van der Waals surface area contributed by atoms with Crippen molar-refractivity contribution in [3.8, 4) is 5.75 Å². The van der Waals surface area contributed by atoms with Crippen LogP contribution in [0, 0.1) is 0 Å². The molecule has 0 aromatic carbocycles. The number of thiophene rings is 1. The van der Waals surface area contributed by atoms with Crippen LogP contribution in [-0.4, -0.2) is 35.9 Å². The van der Waals surface area contributed by atoms with E-state index < -0.39 is 23.8 Å². The van der Waals surface area contributed by atoms with Crippen LogP contribution < -0.4 is 4.74 Å². The number of halogens is 3. The van der Waals surface area contributed by atoms with Crippen LogP contribution in [0.2, 0.25) is 0 Å². The predicted octanol–water partition coefficient (Wildman–Crippen LogP) is 4.54. The molecule has 0 saturated heterocycles. The summed E-state index contributed by atoms with van der Waals surface area (Å²) in [5.74, 6) is -1.35. The minimum absolute atomic E-state index is 0.128. The summed E-state index contributed by atoms with van der Waals surface area (Å²) < 4.78 is 49.6. The number of ether oxygens (including phenoxy) is 2. The van der Waals surface area contributed by atoms with E-state index in [0.717, 1.165) is 6.92 Å². The summed E-state index contributed by atoms with van der Waals surface area (Å²) in [6.45, 7) is 7.01. The molecule has 1 unspecified atom stereocenters. The Morgan fingerprint density at radius 1 is 1.39 bits per heavy atom. The van der Waals surface area contributed by atoms with E-state index in [1.165, 1.54) is 21.6 Å². The molecule has 23 heavy (non-hydrogen) atoms. The Kier molecular flexibility index (Phi) is 4.84. The first-order valence-corrected chi connectivity index (χ1v) is 8.14. The second-order valence-corrected chi connectivity index (χ2v) is 7.42. The number of hydrogen-bond acceptors (Lipinski definition) is 4. The smallest absolute Gasteiger partial charge is 0.410 e. The third kappa shape index (κ3) is 4.31. The lowest BCUT2D eigenvalue weighted by atomic mass is 10.0. The van der Waals surface area contributed by atoms with E-state index in [1.807, 2.05) is 0 Å². The second-order valence-electron chi connectivity index (χ2n) is 6.46. The van der Waals surface area contributed by atoms with Crippen molar-refractivity contribution >= 4 is 17.4 Å². The molecule has 0 spiro atoms. The summed E-state index contributed by atoms with van der Waals surface area (Å²) >= 11 is 1.17. The van der Waals surface area contributed by atoms with Crippen molar-refractivity contribution in [1.29, 1.82) is 0 Å². The zero-order valence-electron chi connectivity index (χ0n) is 13.5. The van der Waals surface area contributed by atoms with Crippen molar-refractivity contribution in [2.24, 2.45) is 0 Å². The van der Waals surface area contributed by atoms with Crippen molar-refractivity contribution in [2.75, 3.05) is 13.2 Å². The maximum absolute atomic E-state index is 12.9. The van der Waals surface area contributed by atoms with Gasteiger partial charge >= 0.3 is 12.3 Å². The Balaban J connectivity index is 2.20. The van der Waals surface area contributed by atoms with Crippen molar-refractivity contribution < 1.29 is 27.4 Å². The van der Waals surface area contributed by atoms with Gasteiger partial charge in [-0.25, -0.2) is 4.79 Å². The van der Waals surface area contributed by atoms with Gasteiger partial charge in [0.15, 0.2) is 0 Å². The van der Waals surface area contributed by atoms with E-state index in [2.05, 4.69) is 0 Å². The highest BCUT2D eigenvalue weighted by Crippen LogP contribution is 2.44. The van der Waals surface area contributed by atoms with Crippen LogP contribution in [0.5, 0.6) is 5.75 Å². The molecule has 2 heterocycles. The molecule has 1 aliphatic rings. The number of fused-ring (bicyclic) bond motifs is 1. The first-order chi connectivity index (χ1) is 10.5. The topological polar surface area (TPSA) is 38.8 Å². The molecule has 0 aliphatic carbocycles. The molecule has 0 N–H and O–H groups in total. The number of carbonyl (C=O) groups excluding carboxylic acids is 1. The highest BCUT2D eigenvalue weighted by molar-refractivity contribution is 7.10. The van der Waals surface area contributed by atoms with E-state index in [-0.39, 0.29) is 31.0 Å². The number of alkyl halides is 3. The van der Waals surface area contributed by atoms with Gasteiger partial charge in [0, 0.05) is 5.56 Å². The zero-order chi connectivity index (χ0) is 17.4. The van der Waals surface area contributed by atoms with Gasteiger partial charge in [0.1, 0.15) is 18.0 Å². The van der Waals surface area contributed by atoms with Crippen LogP contribution in [0.25, 0.3) is 0 Å². The predicted molar refractivity (Wildman–Crippen MR) is 80.9 cm³/mol. The average Bonchev–Trinajstić information content (AvgIpc) is 2.64. The quantitative estimate of drug-likeness (QED) is 0.745. The molecular weight excluding hydrogens is 331 g/mol. The van der Waals surface area contributed by atoms with Crippen molar-refractivity contribution in [2.45, 2.75) is 51.9 Å². The lowest BCUT2D eigenvalue weighted by molar-refractivity contribution is -0.146. The lowest BCUT2D eigenvalue weighted by Crippen LogP contribution is -2.37.